The zero-order valence-electron chi connectivity index (χ0n) is 15.3. The highest BCUT2D eigenvalue weighted by Crippen LogP contribution is 2.24. The lowest BCUT2D eigenvalue weighted by atomic mass is 10.0. The van der Waals surface area contributed by atoms with Gasteiger partial charge < -0.3 is 15.8 Å². The van der Waals surface area contributed by atoms with E-state index in [-0.39, 0.29) is 42.3 Å². The van der Waals surface area contributed by atoms with Crippen LogP contribution < -0.4 is 15.8 Å². The molecule has 7 nitrogen and oxygen atoms in total. The van der Waals surface area contributed by atoms with Crippen LogP contribution in [-0.2, 0) is 6.54 Å². The average Bonchev–Trinajstić information content (AvgIpc) is 2.52. The number of nitrogens with two attached hydrogens (primary N) is 1. The van der Waals surface area contributed by atoms with Crippen molar-refractivity contribution in [3.8, 4) is 5.75 Å². The van der Waals surface area contributed by atoms with Crippen molar-refractivity contribution in [1.29, 1.82) is 0 Å². The Morgan fingerprint density at radius 2 is 2.04 bits per heavy atom. The number of benzene rings is 1. The van der Waals surface area contributed by atoms with Gasteiger partial charge in [-0.1, -0.05) is 26.7 Å². The number of nitro benzene ring substituents is 1. The summed E-state index contributed by atoms with van der Waals surface area (Å²) in [6.45, 7) is 6.71. The number of guanidine groups is 1. The molecular weight excluding hydrogens is 435 g/mol. The van der Waals surface area contributed by atoms with E-state index in [1.165, 1.54) is 25.7 Å². The van der Waals surface area contributed by atoms with E-state index >= 15 is 0 Å². The summed E-state index contributed by atoms with van der Waals surface area (Å²) in [4.78, 5) is 14.7. The first-order valence-corrected chi connectivity index (χ1v) is 8.21. The highest BCUT2D eigenvalue weighted by atomic mass is 127. The van der Waals surface area contributed by atoms with Gasteiger partial charge in [-0.25, -0.2) is 4.99 Å². The number of nitrogens with one attached hydrogen (secondary N) is 1. The van der Waals surface area contributed by atoms with Gasteiger partial charge in [-0.05, 0) is 25.3 Å². The number of ether oxygens (including phenoxy) is 1. The van der Waals surface area contributed by atoms with Crippen LogP contribution in [-0.4, -0.2) is 24.0 Å². The van der Waals surface area contributed by atoms with Crippen molar-refractivity contribution in [2.75, 3.05) is 7.11 Å². The van der Waals surface area contributed by atoms with E-state index in [2.05, 4.69) is 31.1 Å². The fraction of sp³-hybridized carbons (Fsp3) is 0.588. The molecule has 25 heavy (non-hydrogen) atoms. The second kappa shape index (κ2) is 11.9. The van der Waals surface area contributed by atoms with Crippen LogP contribution in [0.3, 0.4) is 0 Å². The van der Waals surface area contributed by atoms with E-state index in [0.29, 0.717) is 23.2 Å². The number of methoxy groups -OCH3 is 1. The van der Waals surface area contributed by atoms with Crippen molar-refractivity contribution >= 4 is 35.6 Å². The second-order valence-electron chi connectivity index (χ2n) is 6.32. The van der Waals surface area contributed by atoms with Crippen LogP contribution in [0.5, 0.6) is 5.75 Å². The van der Waals surface area contributed by atoms with Gasteiger partial charge in [-0.15, -0.1) is 24.0 Å². The molecule has 0 aliphatic rings. The maximum Gasteiger partial charge on any atom is 0.270 e. The van der Waals surface area contributed by atoms with Crippen LogP contribution in [0.2, 0.25) is 0 Å². The summed E-state index contributed by atoms with van der Waals surface area (Å²) in [5, 5.41) is 14.0. The van der Waals surface area contributed by atoms with Crippen LogP contribution in [0, 0.1) is 16.0 Å². The molecule has 0 aliphatic carbocycles. The SMILES string of the molecule is COc1ccc([N+](=O)[O-])cc1CN=C(N)NC(C)CCCC(C)C.I. The molecule has 8 heteroatoms. The number of nitro groups is 1. The van der Waals surface area contributed by atoms with Crippen molar-refractivity contribution in [1.82, 2.24) is 5.32 Å². The van der Waals surface area contributed by atoms with Gasteiger partial charge in [0.05, 0.1) is 18.6 Å². The van der Waals surface area contributed by atoms with E-state index in [0.717, 1.165) is 12.8 Å². The molecule has 0 spiro atoms. The van der Waals surface area contributed by atoms with Crippen LogP contribution >= 0.6 is 24.0 Å². The molecule has 0 saturated heterocycles. The minimum atomic E-state index is -0.439. The first-order valence-electron chi connectivity index (χ1n) is 8.21. The van der Waals surface area contributed by atoms with Crippen molar-refractivity contribution in [3.05, 3.63) is 33.9 Å². The van der Waals surface area contributed by atoms with Crippen LogP contribution in [0.15, 0.2) is 23.2 Å². The molecule has 0 fully saturated rings. The van der Waals surface area contributed by atoms with E-state index in [4.69, 9.17) is 10.5 Å². The molecule has 142 valence electrons. The quantitative estimate of drug-likeness (QED) is 0.190. The fourth-order valence-electron chi connectivity index (χ4n) is 2.38. The lowest BCUT2D eigenvalue weighted by Gasteiger charge is -2.15. The first kappa shape index (κ1) is 23.4. The van der Waals surface area contributed by atoms with Crippen LogP contribution in [0.1, 0.15) is 45.6 Å². The molecule has 1 aromatic carbocycles. The molecule has 0 amide bonds. The van der Waals surface area contributed by atoms with Gasteiger partial charge in [0.1, 0.15) is 5.75 Å². The molecule has 1 atom stereocenters. The number of halogens is 1. The zero-order valence-corrected chi connectivity index (χ0v) is 17.7. The molecule has 1 aromatic rings. The van der Waals surface area contributed by atoms with Gasteiger partial charge in [0, 0.05) is 23.7 Å². The number of rotatable bonds is 9. The molecule has 0 aromatic heterocycles. The summed E-state index contributed by atoms with van der Waals surface area (Å²) in [6.07, 6.45) is 3.35. The maximum atomic E-state index is 10.9. The normalized spacial score (nSPS) is 12.4. The van der Waals surface area contributed by atoms with Crippen molar-refractivity contribution < 1.29 is 9.66 Å². The van der Waals surface area contributed by atoms with Crippen LogP contribution in [0.4, 0.5) is 5.69 Å². The van der Waals surface area contributed by atoms with Crippen molar-refractivity contribution in [2.24, 2.45) is 16.6 Å². The Hall–Kier alpha value is -1.58. The third-order valence-electron chi connectivity index (χ3n) is 3.71. The van der Waals surface area contributed by atoms with Gasteiger partial charge in [0.25, 0.3) is 5.69 Å². The predicted molar refractivity (Wildman–Crippen MR) is 112 cm³/mol. The second-order valence-corrected chi connectivity index (χ2v) is 6.32. The minimum absolute atomic E-state index is 0. The molecular formula is C17H29IN4O3. The number of hydrogen-bond acceptors (Lipinski definition) is 4. The lowest BCUT2D eigenvalue weighted by molar-refractivity contribution is -0.384. The Labute approximate surface area is 166 Å². The lowest BCUT2D eigenvalue weighted by Crippen LogP contribution is -2.38. The highest BCUT2D eigenvalue weighted by molar-refractivity contribution is 14.0. The third kappa shape index (κ3) is 8.89. The monoisotopic (exact) mass is 464 g/mol. The molecule has 0 aliphatic heterocycles. The molecule has 0 bridgehead atoms. The van der Waals surface area contributed by atoms with Gasteiger partial charge in [-0.3, -0.25) is 10.1 Å². The molecule has 0 radical (unpaired) electrons. The molecule has 1 rings (SSSR count). The molecule has 0 saturated carbocycles. The van der Waals surface area contributed by atoms with Crippen LogP contribution in [0.25, 0.3) is 0 Å². The Bertz CT molecular complexity index is 579. The summed E-state index contributed by atoms with van der Waals surface area (Å²) in [6, 6.07) is 4.67. The van der Waals surface area contributed by atoms with E-state index in [9.17, 15) is 10.1 Å². The van der Waals surface area contributed by atoms with Gasteiger partial charge in [0.15, 0.2) is 5.96 Å². The Kier molecular flexibility index (Phi) is 11.1. The Balaban J connectivity index is 0.00000576. The van der Waals surface area contributed by atoms with Gasteiger partial charge in [0.2, 0.25) is 0 Å². The Morgan fingerprint density at radius 3 is 2.60 bits per heavy atom. The summed E-state index contributed by atoms with van der Waals surface area (Å²) in [5.74, 6) is 1.59. The third-order valence-corrected chi connectivity index (χ3v) is 3.71. The Morgan fingerprint density at radius 1 is 1.36 bits per heavy atom. The average molecular weight is 464 g/mol. The van der Waals surface area contributed by atoms with E-state index in [1.807, 2.05) is 0 Å². The minimum Gasteiger partial charge on any atom is -0.496 e. The zero-order chi connectivity index (χ0) is 18.1. The van der Waals surface area contributed by atoms with Crippen molar-refractivity contribution in [3.63, 3.8) is 0 Å². The fourth-order valence-corrected chi connectivity index (χ4v) is 2.38. The van der Waals surface area contributed by atoms with Gasteiger partial charge >= 0.3 is 0 Å². The highest BCUT2D eigenvalue weighted by Gasteiger charge is 2.11. The topological polar surface area (TPSA) is 103 Å². The number of non-ortho nitro benzene ring substituents is 1. The van der Waals surface area contributed by atoms with E-state index in [1.54, 1.807) is 6.07 Å². The molecule has 0 heterocycles. The maximum absolute atomic E-state index is 10.9. The number of aliphatic imine (C=N–C) groups is 1. The number of hydrogen-bond donors (Lipinski definition) is 2. The van der Waals surface area contributed by atoms with Crippen molar-refractivity contribution in [2.45, 2.75) is 52.6 Å². The summed E-state index contributed by atoms with van der Waals surface area (Å²) in [5.41, 5.74) is 6.55. The molecule has 3 N–H and O–H groups in total. The summed E-state index contributed by atoms with van der Waals surface area (Å²) >= 11 is 0. The molecule has 1 unspecified atom stereocenters. The smallest absolute Gasteiger partial charge is 0.270 e. The largest absolute Gasteiger partial charge is 0.496 e. The summed E-state index contributed by atoms with van der Waals surface area (Å²) < 4.78 is 5.22. The summed E-state index contributed by atoms with van der Waals surface area (Å²) in [7, 11) is 1.52. The predicted octanol–water partition coefficient (Wildman–Crippen LogP) is 3.84. The first-order chi connectivity index (χ1) is 11.3. The number of nitrogens with zero attached hydrogens (tertiary/aromatic N) is 2. The standard InChI is InChI=1S/C17H28N4O3.HI/c1-12(2)6-5-7-13(3)20-17(18)19-11-14-10-15(21(22)23)8-9-16(14)24-4;/h8-10,12-13H,5-7,11H2,1-4H3,(H3,18,19,20);1H. The van der Waals surface area contributed by atoms with E-state index < -0.39 is 4.92 Å². The van der Waals surface area contributed by atoms with Gasteiger partial charge in [-0.2, -0.15) is 0 Å².